The molecule has 0 saturated carbocycles. The average molecular weight is 506 g/mol. The zero-order chi connectivity index (χ0) is 25.3. The maximum atomic E-state index is 13.6. The molecule has 0 unspecified atom stereocenters. The van der Waals surface area contributed by atoms with Crippen molar-refractivity contribution in [3.8, 4) is 0 Å². The van der Waals surface area contributed by atoms with E-state index in [9.17, 15) is 55.5 Å². The van der Waals surface area contributed by atoms with Crippen LogP contribution in [0.5, 0.6) is 0 Å². The summed E-state index contributed by atoms with van der Waals surface area (Å²) in [6.07, 6.45) is -26.4. The van der Waals surface area contributed by atoms with Crippen molar-refractivity contribution in [2.24, 2.45) is 0 Å². The van der Waals surface area contributed by atoms with Crippen molar-refractivity contribution < 1.29 is 79.1 Å². The molecule has 0 radical (unpaired) electrons. The molecule has 0 spiro atoms. The summed E-state index contributed by atoms with van der Waals surface area (Å²) in [4.78, 5) is 0. The Kier molecular flexibility index (Phi) is 9.51. The minimum Gasteiger partial charge on any atom is -0.394 e. The fraction of sp³-hybridized carbons (Fsp3) is 1.00. The SMILES string of the molecule is OC[C@H]1O[C@H](O[C@H]2[C@H](O)[C@@H](O)[C@@H](O[C@H]3[C@H](O)[C@@H](O)[C@@H](F)O[C@@H]3CO)O[C@@H]2CO)[C@H](O)[C@@H](O)[C@@H]1O. The molecule has 3 saturated heterocycles. The summed E-state index contributed by atoms with van der Waals surface area (Å²) in [6, 6.07) is 0. The van der Waals surface area contributed by atoms with Crippen molar-refractivity contribution in [2.75, 3.05) is 19.8 Å². The first kappa shape index (κ1) is 27.9. The Morgan fingerprint density at radius 2 is 0.912 bits per heavy atom. The number of hydrogen-bond acceptors (Lipinski definition) is 15. The number of hydrogen-bond donors (Lipinski definition) is 10. The predicted octanol–water partition coefficient (Wildman–Crippen LogP) is -6.60. The van der Waals surface area contributed by atoms with Gasteiger partial charge in [0.1, 0.15) is 73.2 Å². The number of aliphatic hydroxyl groups excluding tert-OH is 10. The molecule has 34 heavy (non-hydrogen) atoms. The van der Waals surface area contributed by atoms with Crippen molar-refractivity contribution in [2.45, 2.75) is 92.2 Å². The van der Waals surface area contributed by atoms with Crippen molar-refractivity contribution >= 4 is 0 Å². The third kappa shape index (κ3) is 5.36. The molecule has 0 aromatic heterocycles. The van der Waals surface area contributed by atoms with Crippen LogP contribution >= 0.6 is 0 Å². The van der Waals surface area contributed by atoms with E-state index in [2.05, 4.69) is 0 Å². The highest BCUT2D eigenvalue weighted by atomic mass is 19.1. The number of rotatable bonds is 7. The number of halogens is 1. The van der Waals surface area contributed by atoms with Gasteiger partial charge in [0.15, 0.2) is 12.6 Å². The van der Waals surface area contributed by atoms with Crippen LogP contribution in [-0.2, 0) is 23.7 Å². The largest absolute Gasteiger partial charge is 0.394 e. The molecule has 3 heterocycles. The van der Waals surface area contributed by atoms with Gasteiger partial charge in [-0.1, -0.05) is 0 Å². The van der Waals surface area contributed by atoms with Gasteiger partial charge in [-0.15, -0.1) is 0 Å². The molecule has 3 fully saturated rings. The van der Waals surface area contributed by atoms with Gasteiger partial charge < -0.3 is 74.7 Å². The molecule has 0 aromatic rings. The summed E-state index contributed by atoms with van der Waals surface area (Å²) in [6.45, 7) is -2.43. The lowest BCUT2D eigenvalue weighted by Crippen LogP contribution is -2.66. The van der Waals surface area contributed by atoms with Crippen LogP contribution in [0, 0.1) is 0 Å². The van der Waals surface area contributed by atoms with E-state index >= 15 is 0 Å². The number of ether oxygens (including phenoxy) is 5. The minimum absolute atomic E-state index is 0.750. The summed E-state index contributed by atoms with van der Waals surface area (Å²) in [7, 11) is 0. The molecule has 3 rings (SSSR count). The Morgan fingerprint density at radius 1 is 0.500 bits per heavy atom. The second-order valence-electron chi connectivity index (χ2n) is 8.29. The lowest BCUT2D eigenvalue weighted by atomic mass is 9.96. The Bertz CT molecular complexity index is 640. The van der Waals surface area contributed by atoms with Crippen LogP contribution in [0.4, 0.5) is 4.39 Å². The van der Waals surface area contributed by atoms with Crippen LogP contribution < -0.4 is 0 Å². The van der Waals surface area contributed by atoms with Crippen molar-refractivity contribution in [3.05, 3.63) is 0 Å². The summed E-state index contributed by atoms with van der Waals surface area (Å²) in [5.41, 5.74) is 0. The Morgan fingerprint density at radius 3 is 1.41 bits per heavy atom. The van der Waals surface area contributed by atoms with Gasteiger partial charge in [-0.2, -0.15) is 0 Å². The van der Waals surface area contributed by atoms with Gasteiger partial charge in [0.25, 0.3) is 0 Å². The Hall–Kier alpha value is -0.670. The standard InChI is InChI=1S/C18H31FO15/c19-16-11(27)9(25)14(5(2-21)30-16)33-18-13(29)10(26)15(6(3-22)32-18)34-17-12(28)8(24)7(23)4(1-20)31-17/h4-18,20-29H,1-3H2/t4-,5-,6-,7-,8+,9-,10-,11-,12-,13-,14-,15-,16+,17-,18-/m1/s1. The maximum Gasteiger partial charge on any atom is 0.228 e. The quantitative estimate of drug-likeness (QED) is 0.154. The number of aliphatic hydroxyl groups is 10. The lowest BCUT2D eigenvalue weighted by Gasteiger charge is -2.47. The maximum absolute atomic E-state index is 13.6. The number of alkyl halides is 1. The second kappa shape index (κ2) is 11.6. The first-order chi connectivity index (χ1) is 16.0. The molecule has 0 aliphatic carbocycles. The van der Waals surface area contributed by atoms with Gasteiger partial charge in [-0.3, -0.25) is 0 Å². The fourth-order valence-electron chi connectivity index (χ4n) is 4.03. The van der Waals surface area contributed by atoms with Crippen molar-refractivity contribution in [1.29, 1.82) is 0 Å². The van der Waals surface area contributed by atoms with Gasteiger partial charge in [-0.25, -0.2) is 4.39 Å². The van der Waals surface area contributed by atoms with E-state index in [0.29, 0.717) is 0 Å². The molecule has 0 bridgehead atoms. The smallest absolute Gasteiger partial charge is 0.228 e. The highest BCUT2D eigenvalue weighted by molar-refractivity contribution is 4.96. The minimum atomic E-state index is -2.32. The van der Waals surface area contributed by atoms with Crippen molar-refractivity contribution in [1.82, 2.24) is 0 Å². The summed E-state index contributed by atoms with van der Waals surface area (Å²) in [5.74, 6) is 0. The molecule has 200 valence electrons. The van der Waals surface area contributed by atoms with Gasteiger partial charge in [0.05, 0.1) is 19.8 Å². The zero-order valence-corrected chi connectivity index (χ0v) is 17.7. The zero-order valence-electron chi connectivity index (χ0n) is 17.7. The summed E-state index contributed by atoms with van der Waals surface area (Å²) < 4.78 is 39.7. The van der Waals surface area contributed by atoms with E-state index in [4.69, 9.17) is 23.7 Å². The Balaban J connectivity index is 1.72. The molecule has 15 nitrogen and oxygen atoms in total. The van der Waals surface area contributed by atoms with E-state index in [1.165, 1.54) is 0 Å². The third-order valence-electron chi connectivity index (χ3n) is 6.06. The second-order valence-corrected chi connectivity index (χ2v) is 8.29. The molecule has 16 heteroatoms. The average Bonchev–Trinajstić information content (AvgIpc) is 2.83. The molecule has 10 N–H and O–H groups in total. The van der Waals surface area contributed by atoms with Crippen LogP contribution in [0.1, 0.15) is 0 Å². The van der Waals surface area contributed by atoms with E-state index < -0.39 is 112 Å². The normalized spacial score (nSPS) is 52.5. The molecule has 15 atom stereocenters. The highest BCUT2D eigenvalue weighted by Crippen LogP contribution is 2.32. The fourth-order valence-corrected chi connectivity index (χ4v) is 4.03. The van der Waals surface area contributed by atoms with Crippen LogP contribution in [0.25, 0.3) is 0 Å². The first-order valence-electron chi connectivity index (χ1n) is 10.6. The van der Waals surface area contributed by atoms with Crippen molar-refractivity contribution in [3.63, 3.8) is 0 Å². The lowest BCUT2D eigenvalue weighted by molar-refractivity contribution is -0.375. The van der Waals surface area contributed by atoms with E-state index in [1.807, 2.05) is 0 Å². The van der Waals surface area contributed by atoms with Crippen LogP contribution in [0.3, 0.4) is 0 Å². The Labute approximate surface area is 192 Å². The highest BCUT2D eigenvalue weighted by Gasteiger charge is 2.53. The molecular weight excluding hydrogens is 475 g/mol. The molecule has 0 amide bonds. The van der Waals surface area contributed by atoms with Crippen LogP contribution in [0.2, 0.25) is 0 Å². The molecule has 3 aliphatic heterocycles. The topological polar surface area (TPSA) is 248 Å². The van der Waals surface area contributed by atoms with E-state index in [-0.39, 0.29) is 0 Å². The predicted molar refractivity (Wildman–Crippen MR) is 100 cm³/mol. The molecular formula is C18H31FO15. The van der Waals surface area contributed by atoms with Gasteiger partial charge in [-0.05, 0) is 0 Å². The molecule has 3 aliphatic rings. The molecule has 0 aromatic carbocycles. The summed E-state index contributed by atoms with van der Waals surface area (Å²) >= 11 is 0. The van der Waals surface area contributed by atoms with E-state index in [0.717, 1.165) is 0 Å². The third-order valence-corrected chi connectivity index (χ3v) is 6.06. The summed E-state index contributed by atoms with van der Waals surface area (Å²) in [5, 5.41) is 99.1. The van der Waals surface area contributed by atoms with Crippen LogP contribution in [-0.4, -0.2) is 163 Å². The van der Waals surface area contributed by atoms with Gasteiger partial charge in [0, 0.05) is 0 Å². The van der Waals surface area contributed by atoms with Gasteiger partial charge >= 0.3 is 0 Å². The first-order valence-corrected chi connectivity index (χ1v) is 10.6. The van der Waals surface area contributed by atoms with Crippen LogP contribution in [0.15, 0.2) is 0 Å². The van der Waals surface area contributed by atoms with Gasteiger partial charge in [0.2, 0.25) is 6.36 Å². The monoisotopic (exact) mass is 506 g/mol. The van der Waals surface area contributed by atoms with E-state index in [1.54, 1.807) is 0 Å².